The summed E-state index contributed by atoms with van der Waals surface area (Å²) >= 11 is 0. The SMILES string of the molecule is CC(C)N1C=CCCCC1. The summed E-state index contributed by atoms with van der Waals surface area (Å²) in [6.07, 6.45) is 8.51. The predicted molar refractivity (Wildman–Crippen MR) is 44.8 cm³/mol. The Labute approximate surface area is 63.7 Å². The van der Waals surface area contributed by atoms with Gasteiger partial charge in [0.15, 0.2) is 0 Å². The maximum absolute atomic E-state index is 2.41. The first-order chi connectivity index (χ1) is 4.80. The molecular weight excluding hydrogens is 122 g/mol. The number of hydrogen-bond donors (Lipinski definition) is 0. The first-order valence-corrected chi connectivity index (χ1v) is 4.23. The molecule has 0 amide bonds. The third-order valence-corrected chi connectivity index (χ3v) is 2.00. The summed E-state index contributed by atoms with van der Waals surface area (Å²) in [5.41, 5.74) is 0. The van der Waals surface area contributed by atoms with E-state index in [1.54, 1.807) is 0 Å². The Morgan fingerprint density at radius 2 is 2.10 bits per heavy atom. The monoisotopic (exact) mass is 139 g/mol. The van der Waals surface area contributed by atoms with Gasteiger partial charge >= 0.3 is 0 Å². The standard InChI is InChI=1S/C9H17N/c1-9(2)10-7-5-3-4-6-8-10/h5,7,9H,3-4,6,8H2,1-2H3. The summed E-state index contributed by atoms with van der Waals surface area (Å²) in [7, 11) is 0. The minimum atomic E-state index is 0.675. The van der Waals surface area contributed by atoms with Crippen LogP contribution in [0.25, 0.3) is 0 Å². The van der Waals surface area contributed by atoms with Crippen LogP contribution in [0.2, 0.25) is 0 Å². The quantitative estimate of drug-likeness (QED) is 0.539. The Morgan fingerprint density at radius 3 is 2.80 bits per heavy atom. The smallest absolute Gasteiger partial charge is 0.0227 e. The Bertz CT molecular complexity index is 116. The highest BCUT2D eigenvalue weighted by molar-refractivity contribution is 4.86. The van der Waals surface area contributed by atoms with E-state index in [1.807, 2.05) is 0 Å². The van der Waals surface area contributed by atoms with Crippen LogP contribution in [0, 0.1) is 0 Å². The fraction of sp³-hybridized carbons (Fsp3) is 0.778. The van der Waals surface area contributed by atoms with Crippen LogP contribution in [0.1, 0.15) is 33.1 Å². The molecule has 1 rings (SSSR count). The van der Waals surface area contributed by atoms with Crippen LogP contribution in [0.15, 0.2) is 12.3 Å². The zero-order valence-corrected chi connectivity index (χ0v) is 7.01. The molecule has 1 aliphatic heterocycles. The lowest BCUT2D eigenvalue weighted by Gasteiger charge is -2.23. The van der Waals surface area contributed by atoms with Gasteiger partial charge in [0.2, 0.25) is 0 Å². The fourth-order valence-electron chi connectivity index (χ4n) is 1.27. The normalized spacial score (nSPS) is 19.7. The van der Waals surface area contributed by atoms with E-state index in [0.29, 0.717) is 6.04 Å². The average molecular weight is 139 g/mol. The first-order valence-electron chi connectivity index (χ1n) is 4.23. The molecule has 0 saturated heterocycles. The van der Waals surface area contributed by atoms with Gasteiger partial charge in [0.25, 0.3) is 0 Å². The van der Waals surface area contributed by atoms with E-state index in [1.165, 1.54) is 25.8 Å². The lowest BCUT2D eigenvalue weighted by Crippen LogP contribution is -2.25. The van der Waals surface area contributed by atoms with Gasteiger partial charge in [0, 0.05) is 12.6 Å². The molecule has 0 aromatic carbocycles. The molecule has 1 heterocycles. The van der Waals surface area contributed by atoms with Crippen LogP contribution in [0.3, 0.4) is 0 Å². The Morgan fingerprint density at radius 1 is 1.30 bits per heavy atom. The van der Waals surface area contributed by atoms with Gasteiger partial charge in [-0.2, -0.15) is 0 Å². The van der Waals surface area contributed by atoms with Crippen molar-refractivity contribution in [3.63, 3.8) is 0 Å². The van der Waals surface area contributed by atoms with Gasteiger partial charge in [0.1, 0.15) is 0 Å². The molecule has 0 N–H and O–H groups in total. The Kier molecular flexibility index (Phi) is 2.79. The molecule has 0 aliphatic carbocycles. The lowest BCUT2D eigenvalue weighted by atomic mass is 10.2. The highest BCUT2D eigenvalue weighted by Crippen LogP contribution is 2.09. The second-order valence-corrected chi connectivity index (χ2v) is 3.21. The van der Waals surface area contributed by atoms with Crippen molar-refractivity contribution in [3.05, 3.63) is 12.3 Å². The maximum atomic E-state index is 2.41. The molecule has 58 valence electrons. The second-order valence-electron chi connectivity index (χ2n) is 3.21. The van der Waals surface area contributed by atoms with E-state index < -0.39 is 0 Å². The maximum Gasteiger partial charge on any atom is 0.0227 e. The number of rotatable bonds is 1. The van der Waals surface area contributed by atoms with Crippen LogP contribution in [0.4, 0.5) is 0 Å². The minimum absolute atomic E-state index is 0.675. The summed E-state index contributed by atoms with van der Waals surface area (Å²) in [6.45, 7) is 5.74. The van der Waals surface area contributed by atoms with Gasteiger partial charge in [-0.3, -0.25) is 0 Å². The average Bonchev–Trinajstić information content (AvgIpc) is 2.12. The number of hydrogen-bond acceptors (Lipinski definition) is 1. The van der Waals surface area contributed by atoms with Crippen molar-refractivity contribution in [1.82, 2.24) is 4.90 Å². The van der Waals surface area contributed by atoms with Crippen LogP contribution in [0.5, 0.6) is 0 Å². The molecule has 10 heavy (non-hydrogen) atoms. The molecule has 0 atom stereocenters. The number of nitrogens with zero attached hydrogens (tertiary/aromatic N) is 1. The van der Waals surface area contributed by atoms with Gasteiger partial charge in [-0.1, -0.05) is 6.08 Å². The molecule has 0 bridgehead atoms. The highest BCUT2D eigenvalue weighted by atomic mass is 15.1. The van der Waals surface area contributed by atoms with Crippen molar-refractivity contribution in [1.29, 1.82) is 0 Å². The van der Waals surface area contributed by atoms with E-state index in [2.05, 4.69) is 31.0 Å². The predicted octanol–water partition coefficient (Wildman–Crippen LogP) is 2.39. The van der Waals surface area contributed by atoms with E-state index in [4.69, 9.17) is 0 Å². The van der Waals surface area contributed by atoms with Crippen LogP contribution in [-0.2, 0) is 0 Å². The molecular formula is C9H17N. The fourth-order valence-corrected chi connectivity index (χ4v) is 1.27. The van der Waals surface area contributed by atoms with Crippen molar-refractivity contribution >= 4 is 0 Å². The zero-order valence-electron chi connectivity index (χ0n) is 7.01. The molecule has 1 aliphatic rings. The van der Waals surface area contributed by atoms with Crippen LogP contribution < -0.4 is 0 Å². The summed E-state index contributed by atoms with van der Waals surface area (Å²) in [5.74, 6) is 0. The van der Waals surface area contributed by atoms with Crippen molar-refractivity contribution in [2.24, 2.45) is 0 Å². The molecule has 0 aromatic heterocycles. The molecule has 0 radical (unpaired) electrons. The Hall–Kier alpha value is -0.460. The molecule has 0 aromatic rings. The van der Waals surface area contributed by atoms with E-state index in [9.17, 15) is 0 Å². The van der Waals surface area contributed by atoms with Crippen LogP contribution >= 0.6 is 0 Å². The molecule has 0 fully saturated rings. The first kappa shape index (κ1) is 7.64. The second kappa shape index (κ2) is 3.65. The molecule has 0 spiro atoms. The molecule has 1 heteroatoms. The third-order valence-electron chi connectivity index (χ3n) is 2.00. The van der Waals surface area contributed by atoms with Crippen molar-refractivity contribution in [2.75, 3.05) is 6.54 Å². The van der Waals surface area contributed by atoms with Gasteiger partial charge in [-0.25, -0.2) is 0 Å². The van der Waals surface area contributed by atoms with Crippen LogP contribution in [-0.4, -0.2) is 17.5 Å². The molecule has 0 saturated carbocycles. The van der Waals surface area contributed by atoms with E-state index >= 15 is 0 Å². The summed E-state index contributed by atoms with van der Waals surface area (Å²) in [6, 6.07) is 0.675. The zero-order chi connectivity index (χ0) is 7.40. The van der Waals surface area contributed by atoms with Crippen molar-refractivity contribution < 1.29 is 0 Å². The third kappa shape index (κ3) is 2.05. The summed E-state index contributed by atoms with van der Waals surface area (Å²) in [4.78, 5) is 2.41. The van der Waals surface area contributed by atoms with E-state index in [-0.39, 0.29) is 0 Å². The minimum Gasteiger partial charge on any atom is -0.375 e. The topological polar surface area (TPSA) is 3.24 Å². The van der Waals surface area contributed by atoms with Crippen molar-refractivity contribution in [2.45, 2.75) is 39.2 Å². The van der Waals surface area contributed by atoms with E-state index in [0.717, 1.165) is 0 Å². The summed E-state index contributed by atoms with van der Waals surface area (Å²) in [5, 5.41) is 0. The van der Waals surface area contributed by atoms with Gasteiger partial charge in [-0.15, -0.1) is 0 Å². The largest absolute Gasteiger partial charge is 0.375 e. The Balaban J connectivity index is 2.41. The van der Waals surface area contributed by atoms with Gasteiger partial charge in [0.05, 0.1) is 0 Å². The highest BCUT2D eigenvalue weighted by Gasteiger charge is 2.04. The van der Waals surface area contributed by atoms with Gasteiger partial charge < -0.3 is 4.90 Å². The van der Waals surface area contributed by atoms with Gasteiger partial charge in [-0.05, 0) is 39.3 Å². The summed E-state index contributed by atoms with van der Waals surface area (Å²) < 4.78 is 0. The molecule has 0 unspecified atom stereocenters. The van der Waals surface area contributed by atoms with Crippen molar-refractivity contribution in [3.8, 4) is 0 Å². The lowest BCUT2D eigenvalue weighted by molar-refractivity contribution is 0.311. The number of allylic oxidation sites excluding steroid dienone is 1. The molecule has 1 nitrogen and oxygen atoms in total.